The van der Waals surface area contributed by atoms with Crippen LogP contribution in [0.3, 0.4) is 0 Å². The topological polar surface area (TPSA) is 55.8 Å². The van der Waals surface area contributed by atoms with Crippen molar-refractivity contribution in [1.82, 2.24) is 0 Å². The van der Waals surface area contributed by atoms with E-state index in [9.17, 15) is 4.79 Å². The molecule has 0 spiro atoms. The summed E-state index contributed by atoms with van der Waals surface area (Å²) < 4.78 is 10.3. The number of hydrogen-bond acceptors (Lipinski definition) is 3. The number of carbonyl (C=O) groups is 1. The van der Waals surface area contributed by atoms with E-state index in [1.807, 2.05) is 0 Å². The summed E-state index contributed by atoms with van der Waals surface area (Å²) in [4.78, 5) is 10.9. The van der Waals surface area contributed by atoms with Gasteiger partial charge in [0.1, 0.15) is 11.3 Å². The molecule has 14 heavy (non-hydrogen) atoms. The van der Waals surface area contributed by atoms with Crippen LogP contribution in [0.1, 0.15) is 15.9 Å². The number of aromatic carboxylic acids is 1. The van der Waals surface area contributed by atoms with Crippen LogP contribution >= 0.6 is 0 Å². The molecular weight excluding hydrogens is 183 g/mol. The fraction of sp³-hybridized carbons (Fsp3) is 0.222. The van der Waals surface area contributed by atoms with Gasteiger partial charge in [-0.1, -0.05) is 6.07 Å². The summed E-state index contributed by atoms with van der Waals surface area (Å²) in [6.45, 7) is 0.533. The zero-order valence-electron chi connectivity index (χ0n) is 7.74. The molecule has 0 unspecified atom stereocenters. The first kappa shape index (κ1) is 9.08. The highest BCUT2D eigenvalue weighted by Gasteiger charge is 2.22. The minimum Gasteiger partial charge on any atom is -0.496 e. The third-order valence-electron chi connectivity index (χ3n) is 2.30. The van der Waals surface area contributed by atoms with E-state index in [-0.39, 0.29) is 5.56 Å². The zero-order chi connectivity index (χ0) is 10.1. The highest BCUT2D eigenvalue weighted by molar-refractivity contribution is 6.50. The van der Waals surface area contributed by atoms with Gasteiger partial charge in [0, 0.05) is 0 Å². The molecule has 0 atom stereocenters. The minimum absolute atomic E-state index is 0.191. The molecule has 0 amide bonds. The lowest BCUT2D eigenvalue weighted by atomic mass is 9.85. The van der Waals surface area contributed by atoms with Crippen LogP contribution in [0.15, 0.2) is 12.1 Å². The molecule has 4 nitrogen and oxygen atoms in total. The number of benzene rings is 1. The molecule has 0 aliphatic carbocycles. The smallest absolute Gasteiger partial charge is 0.339 e. The molecule has 72 valence electrons. The van der Waals surface area contributed by atoms with Crippen LogP contribution in [-0.4, -0.2) is 25.7 Å². The van der Waals surface area contributed by atoms with Gasteiger partial charge in [0.15, 0.2) is 0 Å². The van der Waals surface area contributed by atoms with Crippen LogP contribution in [0.2, 0.25) is 0 Å². The standard InChI is InChI=1S/C9H9BO4/c1-13-8-6(9(11)12)3-2-5-4-14-10-7(5)8/h2-3,10H,4H2,1H3,(H,11,12). The predicted molar refractivity (Wildman–Crippen MR) is 51.5 cm³/mol. The molecule has 1 N–H and O–H groups in total. The molecule has 0 radical (unpaired) electrons. The van der Waals surface area contributed by atoms with Crippen molar-refractivity contribution in [1.29, 1.82) is 0 Å². The van der Waals surface area contributed by atoms with Crippen molar-refractivity contribution in [2.24, 2.45) is 0 Å². The van der Waals surface area contributed by atoms with E-state index in [1.54, 1.807) is 12.1 Å². The maximum absolute atomic E-state index is 10.9. The Balaban J connectivity index is 2.59. The van der Waals surface area contributed by atoms with Crippen LogP contribution in [0.4, 0.5) is 0 Å². The Morgan fingerprint density at radius 1 is 1.64 bits per heavy atom. The molecular formula is C9H9BO4. The van der Waals surface area contributed by atoms with Gasteiger partial charge in [-0.2, -0.15) is 0 Å². The second-order valence-corrected chi connectivity index (χ2v) is 3.08. The van der Waals surface area contributed by atoms with E-state index in [0.717, 1.165) is 11.0 Å². The summed E-state index contributed by atoms with van der Waals surface area (Å²) in [5.74, 6) is -0.552. The lowest BCUT2D eigenvalue weighted by Gasteiger charge is -2.08. The van der Waals surface area contributed by atoms with Gasteiger partial charge in [0.25, 0.3) is 0 Å². The van der Waals surface area contributed by atoms with Crippen LogP contribution in [0.5, 0.6) is 5.75 Å². The van der Waals surface area contributed by atoms with Gasteiger partial charge in [-0.05, 0) is 17.1 Å². The van der Waals surface area contributed by atoms with Gasteiger partial charge in [-0.25, -0.2) is 4.79 Å². The van der Waals surface area contributed by atoms with Gasteiger partial charge >= 0.3 is 13.5 Å². The number of carboxylic acids is 1. The number of methoxy groups -OCH3 is 1. The summed E-state index contributed by atoms with van der Waals surface area (Å²) in [5.41, 5.74) is 2.05. The van der Waals surface area contributed by atoms with Crippen molar-refractivity contribution in [2.45, 2.75) is 6.61 Å². The quantitative estimate of drug-likeness (QED) is 0.664. The Morgan fingerprint density at radius 3 is 3.07 bits per heavy atom. The monoisotopic (exact) mass is 192 g/mol. The highest BCUT2D eigenvalue weighted by atomic mass is 16.5. The van der Waals surface area contributed by atoms with Crippen molar-refractivity contribution in [3.63, 3.8) is 0 Å². The van der Waals surface area contributed by atoms with E-state index >= 15 is 0 Å². The molecule has 2 rings (SSSR count). The number of carboxylic acid groups (broad SMARTS) is 1. The number of fused-ring (bicyclic) bond motifs is 1. The zero-order valence-corrected chi connectivity index (χ0v) is 7.74. The minimum atomic E-state index is -0.975. The molecule has 1 aromatic rings. The molecule has 0 bridgehead atoms. The molecule has 1 aromatic carbocycles. The number of ether oxygens (including phenoxy) is 1. The molecule has 1 aliphatic heterocycles. The summed E-state index contributed by atoms with van der Waals surface area (Å²) >= 11 is 0. The first-order valence-corrected chi connectivity index (χ1v) is 4.24. The van der Waals surface area contributed by atoms with Crippen LogP contribution in [0, 0.1) is 0 Å². The Bertz CT molecular complexity index is 389. The first-order chi connectivity index (χ1) is 6.74. The largest absolute Gasteiger partial charge is 0.496 e. The van der Waals surface area contributed by atoms with Crippen LogP contribution < -0.4 is 10.2 Å². The third-order valence-corrected chi connectivity index (χ3v) is 2.30. The van der Waals surface area contributed by atoms with Gasteiger partial charge < -0.3 is 14.5 Å². The average molecular weight is 192 g/mol. The van der Waals surface area contributed by atoms with E-state index in [2.05, 4.69) is 0 Å². The predicted octanol–water partition coefficient (Wildman–Crippen LogP) is -0.0996. The highest BCUT2D eigenvalue weighted by Crippen LogP contribution is 2.20. The van der Waals surface area contributed by atoms with Crippen LogP contribution in [0.25, 0.3) is 0 Å². The number of rotatable bonds is 2. The van der Waals surface area contributed by atoms with Crippen molar-refractivity contribution in [3.8, 4) is 5.75 Å². The molecule has 1 aliphatic rings. The molecule has 0 aromatic heterocycles. The molecule has 0 saturated heterocycles. The van der Waals surface area contributed by atoms with E-state index < -0.39 is 5.97 Å². The maximum atomic E-state index is 10.9. The summed E-state index contributed by atoms with van der Waals surface area (Å²) in [6.07, 6.45) is 0. The second kappa shape index (κ2) is 3.34. The van der Waals surface area contributed by atoms with Gasteiger partial charge in [0.05, 0.1) is 13.7 Å². The fourth-order valence-electron chi connectivity index (χ4n) is 1.63. The lowest BCUT2D eigenvalue weighted by Crippen LogP contribution is -2.18. The second-order valence-electron chi connectivity index (χ2n) is 3.08. The molecule has 0 fully saturated rings. The SMILES string of the molecule is COc1c(C(=O)O)ccc2c1BOC2. The Labute approximate surface area is 81.7 Å². The Morgan fingerprint density at radius 2 is 2.43 bits per heavy atom. The first-order valence-electron chi connectivity index (χ1n) is 4.24. The summed E-state index contributed by atoms with van der Waals surface area (Å²) in [5, 5.41) is 8.91. The van der Waals surface area contributed by atoms with Gasteiger partial charge in [0.2, 0.25) is 0 Å². The normalized spacial score (nSPS) is 13.2. The van der Waals surface area contributed by atoms with Gasteiger partial charge in [-0.3, -0.25) is 0 Å². The van der Waals surface area contributed by atoms with E-state index in [1.165, 1.54) is 7.11 Å². The van der Waals surface area contributed by atoms with Crippen molar-refractivity contribution in [2.75, 3.05) is 7.11 Å². The van der Waals surface area contributed by atoms with E-state index in [0.29, 0.717) is 19.8 Å². The number of hydrogen-bond donors (Lipinski definition) is 1. The lowest BCUT2D eigenvalue weighted by molar-refractivity contribution is 0.0693. The molecule has 5 heteroatoms. The van der Waals surface area contributed by atoms with Crippen LogP contribution in [-0.2, 0) is 11.3 Å². The third kappa shape index (κ3) is 1.26. The molecule has 0 saturated carbocycles. The van der Waals surface area contributed by atoms with E-state index in [4.69, 9.17) is 14.5 Å². The average Bonchev–Trinajstić information content (AvgIpc) is 2.63. The summed E-state index contributed by atoms with van der Waals surface area (Å²) in [6, 6.07) is 3.32. The Hall–Kier alpha value is -1.49. The Kier molecular flexibility index (Phi) is 2.17. The fourth-order valence-corrected chi connectivity index (χ4v) is 1.63. The van der Waals surface area contributed by atoms with Crippen molar-refractivity contribution in [3.05, 3.63) is 23.3 Å². The summed E-state index contributed by atoms with van der Waals surface area (Å²) in [7, 11) is 1.90. The van der Waals surface area contributed by atoms with Gasteiger partial charge in [-0.15, -0.1) is 0 Å². The van der Waals surface area contributed by atoms with Crippen molar-refractivity contribution >= 4 is 18.9 Å². The molecule has 1 heterocycles. The van der Waals surface area contributed by atoms with Crippen molar-refractivity contribution < 1.29 is 19.3 Å². The maximum Gasteiger partial charge on any atom is 0.339 e.